The lowest BCUT2D eigenvalue weighted by Crippen LogP contribution is -2.31. The van der Waals surface area contributed by atoms with Gasteiger partial charge in [0, 0.05) is 5.92 Å². The molecule has 1 saturated heterocycles. The molecule has 0 aliphatic carbocycles. The molecule has 0 unspecified atom stereocenters. The average molecular weight is 162 g/mol. The molecule has 12 heavy (non-hydrogen) atoms. The van der Waals surface area contributed by atoms with E-state index in [-0.39, 0.29) is 0 Å². The summed E-state index contributed by atoms with van der Waals surface area (Å²) >= 11 is 0. The fourth-order valence-corrected chi connectivity index (χ4v) is 1.67. The molecule has 1 aliphatic heterocycles. The number of benzene rings is 1. The molecule has 1 aliphatic rings. The van der Waals surface area contributed by atoms with Crippen LogP contribution in [0.1, 0.15) is 25.0 Å². The van der Waals surface area contributed by atoms with Crippen LogP contribution in [-0.4, -0.2) is 6.61 Å². The SMILES string of the molecule is CC[C@@H]1CO[C@@H]1c1ccccc1. The van der Waals surface area contributed by atoms with Gasteiger partial charge >= 0.3 is 0 Å². The Hall–Kier alpha value is -0.820. The second kappa shape index (κ2) is 3.28. The summed E-state index contributed by atoms with van der Waals surface area (Å²) in [5, 5.41) is 0. The Kier molecular flexibility index (Phi) is 2.13. The van der Waals surface area contributed by atoms with Gasteiger partial charge in [-0.2, -0.15) is 0 Å². The molecule has 0 spiro atoms. The summed E-state index contributed by atoms with van der Waals surface area (Å²) < 4.78 is 5.52. The topological polar surface area (TPSA) is 9.23 Å². The van der Waals surface area contributed by atoms with E-state index < -0.39 is 0 Å². The van der Waals surface area contributed by atoms with Gasteiger partial charge in [0.25, 0.3) is 0 Å². The van der Waals surface area contributed by atoms with Crippen LogP contribution >= 0.6 is 0 Å². The van der Waals surface area contributed by atoms with Crippen LogP contribution in [0.25, 0.3) is 0 Å². The molecule has 1 fully saturated rings. The van der Waals surface area contributed by atoms with Crippen molar-refractivity contribution in [1.82, 2.24) is 0 Å². The van der Waals surface area contributed by atoms with E-state index in [0.29, 0.717) is 6.10 Å². The maximum Gasteiger partial charge on any atom is 0.0875 e. The first-order valence-corrected chi connectivity index (χ1v) is 4.58. The fraction of sp³-hybridized carbons (Fsp3) is 0.455. The molecule has 1 nitrogen and oxygen atoms in total. The van der Waals surface area contributed by atoms with E-state index in [0.717, 1.165) is 12.5 Å². The van der Waals surface area contributed by atoms with Crippen molar-refractivity contribution in [3.05, 3.63) is 35.9 Å². The third-order valence-electron chi connectivity index (χ3n) is 2.57. The summed E-state index contributed by atoms with van der Waals surface area (Å²) in [4.78, 5) is 0. The van der Waals surface area contributed by atoms with Gasteiger partial charge in [-0.3, -0.25) is 0 Å². The quantitative estimate of drug-likeness (QED) is 0.649. The Bertz CT molecular complexity index is 240. The Morgan fingerprint density at radius 3 is 2.58 bits per heavy atom. The first-order chi connectivity index (χ1) is 5.92. The van der Waals surface area contributed by atoms with Crippen molar-refractivity contribution in [2.45, 2.75) is 19.4 Å². The van der Waals surface area contributed by atoms with Crippen LogP contribution in [0, 0.1) is 5.92 Å². The van der Waals surface area contributed by atoms with Crippen LogP contribution in [0.2, 0.25) is 0 Å². The molecule has 0 radical (unpaired) electrons. The molecule has 1 aromatic carbocycles. The van der Waals surface area contributed by atoms with Gasteiger partial charge in [-0.1, -0.05) is 37.3 Å². The van der Waals surface area contributed by atoms with Crippen LogP contribution in [0.15, 0.2) is 30.3 Å². The van der Waals surface area contributed by atoms with Crippen molar-refractivity contribution in [1.29, 1.82) is 0 Å². The van der Waals surface area contributed by atoms with Gasteiger partial charge in [-0.05, 0) is 12.0 Å². The highest BCUT2D eigenvalue weighted by Gasteiger charge is 2.31. The molecule has 0 N–H and O–H groups in total. The summed E-state index contributed by atoms with van der Waals surface area (Å²) in [6, 6.07) is 10.5. The van der Waals surface area contributed by atoms with E-state index in [9.17, 15) is 0 Å². The molecule has 1 heteroatoms. The van der Waals surface area contributed by atoms with Crippen molar-refractivity contribution in [3.63, 3.8) is 0 Å². The van der Waals surface area contributed by atoms with Crippen molar-refractivity contribution in [2.75, 3.05) is 6.61 Å². The number of ether oxygens (including phenoxy) is 1. The summed E-state index contributed by atoms with van der Waals surface area (Å²) in [5.74, 6) is 0.743. The van der Waals surface area contributed by atoms with Gasteiger partial charge < -0.3 is 4.74 Å². The molecular weight excluding hydrogens is 148 g/mol. The Labute approximate surface area is 73.4 Å². The van der Waals surface area contributed by atoms with Crippen molar-refractivity contribution >= 4 is 0 Å². The maximum atomic E-state index is 5.52. The zero-order valence-electron chi connectivity index (χ0n) is 7.36. The monoisotopic (exact) mass is 162 g/mol. The summed E-state index contributed by atoms with van der Waals surface area (Å²) in [6.45, 7) is 3.17. The number of hydrogen-bond donors (Lipinski definition) is 0. The van der Waals surface area contributed by atoms with Gasteiger partial charge in [0.15, 0.2) is 0 Å². The molecule has 0 bridgehead atoms. The second-order valence-electron chi connectivity index (χ2n) is 3.33. The van der Waals surface area contributed by atoms with Crippen LogP contribution in [-0.2, 0) is 4.74 Å². The van der Waals surface area contributed by atoms with Crippen LogP contribution in [0.3, 0.4) is 0 Å². The molecule has 1 aromatic rings. The molecule has 2 rings (SSSR count). The first-order valence-electron chi connectivity index (χ1n) is 4.58. The van der Waals surface area contributed by atoms with E-state index >= 15 is 0 Å². The highest BCUT2D eigenvalue weighted by Crippen LogP contribution is 2.36. The average Bonchev–Trinajstić information content (AvgIpc) is 2.05. The summed E-state index contributed by atoms with van der Waals surface area (Å²) in [7, 11) is 0. The largest absolute Gasteiger partial charge is 0.373 e. The van der Waals surface area contributed by atoms with Crippen molar-refractivity contribution in [2.24, 2.45) is 5.92 Å². The predicted molar refractivity (Wildman–Crippen MR) is 48.9 cm³/mol. The third kappa shape index (κ3) is 1.25. The number of rotatable bonds is 2. The lowest BCUT2D eigenvalue weighted by molar-refractivity contribution is -0.119. The summed E-state index contributed by atoms with van der Waals surface area (Å²) in [6.07, 6.45) is 1.59. The number of hydrogen-bond acceptors (Lipinski definition) is 1. The molecule has 1 heterocycles. The summed E-state index contributed by atoms with van der Waals surface area (Å²) in [5.41, 5.74) is 1.33. The molecular formula is C11H14O. The van der Waals surface area contributed by atoms with Crippen molar-refractivity contribution < 1.29 is 4.74 Å². The van der Waals surface area contributed by atoms with Gasteiger partial charge in [-0.25, -0.2) is 0 Å². The lowest BCUT2D eigenvalue weighted by Gasteiger charge is -2.36. The second-order valence-corrected chi connectivity index (χ2v) is 3.33. The van der Waals surface area contributed by atoms with Gasteiger partial charge in [0.05, 0.1) is 12.7 Å². The fourth-order valence-electron chi connectivity index (χ4n) is 1.67. The maximum absolute atomic E-state index is 5.52. The minimum absolute atomic E-state index is 0.371. The van der Waals surface area contributed by atoms with Gasteiger partial charge in [0.2, 0.25) is 0 Å². The highest BCUT2D eigenvalue weighted by molar-refractivity contribution is 5.19. The molecule has 2 atom stereocenters. The van der Waals surface area contributed by atoms with E-state index in [4.69, 9.17) is 4.74 Å². The molecule has 64 valence electrons. The first kappa shape index (κ1) is 7.81. The smallest absolute Gasteiger partial charge is 0.0875 e. The van der Waals surface area contributed by atoms with Crippen molar-refractivity contribution in [3.8, 4) is 0 Å². The predicted octanol–water partition coefficient (Wildman–Crippen LogP) is 2.78. The molecule has 0 saturated carbocycles. The standard InChI is InChI=1S/C11H14O/c1-2-9-8-12-11(9)10-6-4-3-5-7-10/h3-7,9,11H,2,8H2,1H3/t9-,11+/m1/s1. The Morgan fingerprint density at radius 1 is 1.33 bits per heavy atom. The minimum atomic E-state index is 0.371. The van der Waals surface area contributed by atoms with Gasteiger partial charge in [0.1, 0.15) is 0 Å². The van der Waals surface area contributed by atoms with E-state index in [1.54, 1.807) is 0 Å². The van der Waals surface area contributed by atoms with E-state index in [1.807, 2.05) is 6.07 Å². The van der Waals surface area contributed by atoms with E-state index in [2.05, 4.69) is 31.2 Å². The van der Waals surface area contributed by atoms with Gasteiger partial charge in [-0.15, -0.1) is 0 Å². The lowest BCUT2D eigenvalue weighted by atomic mass is 9.90. The highest BCUT2D eigenvalue weighted by atomic mass is 16.5. The zero-order chi connectivity index (χ0) is 8.39. The molecule has 0 amide bonds. The Morgan fingerprint density at radius 2 is 2.08 bits per heavy atom. The minimum Gasteiger partial charge on any atom is -0.373 e. The van der Waals surface area contributed by atoms with Crippen LogP contribution < -0.4 is 0 Å². The zero-order valence-corrected chi connectivity index (χ0v) is 7.36. The Balaban J connectivity index is 2.11. The van der Waals surface area contributed by atoms with Crippen LogP contribution in [0.4, 0.5) is 0 Å². The normalized spacial score (nSPS) is 28.1. The molecule has 0 aromatic heterocycles. The van der Waals surface area contributed by atoms with E-state index in [1.165, 1.54) is 12.0 Å². The van der Waals surface area contributed by atoms with Crippen LogP contribution in [0.5, 0.6) is 0 Å². The third-order valence-corrected chi connectivity index (χ3v) is 2.57.